The van der Waals surface area contributed by atoms with Gasteiger partial charge >= 0.3 is 6.09 Å². The summed E-state index contributed by atoms with van der Waals surface area (Å²) in [6.07, 6.45) is 2.06. The van der Waals surface area contributed by atoms with Gasteiger partial charge in [-0.3, -0.25) is 0 Å². The maximum Gasteiger partial charge on any atom is 0.410 e. The van der Waals surface area contributed by atoms with E-state index in [2.05, 4.69) is 5.32 Å². The van der Waals surface area contributed by atoms with Crippen LogP contribution in [0.5, 0.6) is 0 Å². The Morgan fingerprint density at radius 2 is 1.81 bits per heavy atom. The minimum atomic E-state index is -0.412. The molecule has 0 saturated carbocycles. The van der Waals surface area contributed by atoms with Crippen molar-refractivity contribution in [3.63, 3.8) is 0 Å². The normalized spacial score (nSPS) is 24.3. The van der Waals surface area contributed by atoms with Gasteiger partial charge < -0.3 is 24.4 Å². The molecule has 2 aliphatic heterocycles. The number of carbonyl (C=O) groups is 1. The number of likely N-dealkylation sites (tertiary alicyclic amines) is 1. The lowest BCUT2D eigenvalue weighted by Crippen LogP contribution is -2.54. The molecule has 1 N–H and O–H groups in total. The van der Waals surface area contributed by atoms with E-state index in [1.165, 1.54) is 13.0 Å². The maximum atomic E-state index is 11.6. The molecule has 0 aromatic heterocycles. The summed E-state index contributed by atoms with van der Waals surface area (Å²) in [5.41, 5.74) is -0.412. The van der Waals surface area contributed by atoms with Crippen molar-refractivity contribution in [2.24, 2.45) is 0 Å². The summed E-state index contributed by atoms with van der Waals surface area (Å²) in [5.74, 6) is 0. The van der Waals surface area contributed by atoms with Crippen molar-refractivity contribution < 1.29 is 19.0 Å². The highest BCUT2D eigenvalue weighted by Gasteiger charge is 2.34. The van der Waals surface area contributed by atoms with Crippen LogP contribution in [-0.4, -0.2) is 69.2 Å². The minimum absolute atomic E-state index is 0.204. The Hall–Kier alpha value is -0.850. The third kappa shape index (κ3) is 6.63. The number of hydrogen-bond acceptors (Lipinski definition) is 5. The van der Waals surface area contributed by atoms with Crippen LogP contribution in [0, 0.1) is 0 Å². The molecule has 2 rings (SSSR count). The average Bonchev–Trinajstić information content (AvgIpc) is 2.27. The molecule has 0 aliphatic carbocycles. The van der Waals surface area contributed by atoms with Crippen molar-refractivity contribution in [2.45, 2.75) is 51.3 Å². The molecule has 2 heterocycles. The molecule has 6 heteroatoms. The average molecular weight is 302 g/mol. The van der Waals surface area contributed by atoms with Crippen molar-refractivity contribution >= 4 is 6.09 Å². The molecule has 2 atom stereocenters. The lowest BCUT2D eigenvalue weighted by atomic mass is 10.1. The van der Waals surface area contributed by atoms with Gasteiger partial charge in [-0.1, -0.05) is 0 Å². The monoisotopic (exact) mass is 302 g/mol. The zero-order valence-electron chi connectivity index (χ0n) is 14.0. The van der Waals surface area contributed by atoms with Gasteiger partial charge in [0.2, 0.25) is 0 Å². The van der Waals surface area contributed by atoms with E-state index in [1.807, 2.05) is 20.8 Å². The lowest BCUT2D eigenvalue weighted by molar-refractivity contribution is -0.0218. The third-order valence-electron chi connectivity index (χ3n) is 3.42. The van der Waals surface area contributed by atoms with Gasteiger partial charge in [0.15, 0.2) is 0 Å². The first-order chi connectivity index (χ1) is 9.87. The quantitative estimate of drug-likeness (QED) is 0.855. The molecule has 0 aromatic rings. The highest BCUT2D eigenvalue weighted by Crippen LogP contribution is 2.21. The molecule has 0 aromatic carbocycles. The minimum Gasteiger partial charge on any atom is -0.444 e. The van der Waals surface area contributed by atoms with Crippen LogP contribution < -0.4 is 5.32 Å². The van der Waals surface area contributed by atoms with Crippen LogP contribution in [0.3, 0.4) is 0 Å². The van der Waals surface area contributed by atoms with E-state index in [1.54, 1.807) is 19.1 Å². The van der Waals surface area contributed by atoms with Gasteiger partial charge in [0, 0.05) is 26.8 Å². The molecule has 2 fully saturated rings. The fourth-order valence-corrected chi connectivity index (χ4v) is 2.06. The van der Waals surface area contributed by atoms with Crippen molar-refractivity contribution in [1.29, 1.82) is 0 Å². The van der Waals surface area contributed by atoms with Gasteiger partial charge in [-0.15, -0.1) is 0 Å². The Morgan fingerprint density at radius 1 is 1.19 bits per heavy atom. The fourth-order valence-electron chi connectivity index (χ4n) is 2.06. The molecule has 21 heavy (non-hydrogen) atoms. The van der Waals surface area contributed by atoms with Gasteiger partial charge in [0.05, 0.1) is 19.3 Å². The number of hydrogen-bond donors (Lipinski definition) is 1. The first kappa shape index (κ1) is 18.2. The Kier molecular flexibility index (Phi) is 7.42. The van der Waals surface area contributed by atoms with Crippen molar-refractivity contribution in [3.8, 4) is 0 Å². The van der Waals surface area contributed by atoms with Gasteiger partial charge in [-0.25, -0.2) is 4.79 Å². The molecule has 0 radical (unpaired) electrons. The molecule has 2 saturated heterocycles. The van der Waals surface area contributed by atoms with E-state index >= 15 is 0 Å². The van der Waals surface area contributed by atoms with Crippen molar-refractivity contribution in [1.82, 2.24) is 10.2 Å². The Labute approximate surface area is 128 Å². The molecule has 2 aliphatic rings. The second-order valence-corrected chi connectivity index (χ2v) is 6.47. The van der Waals surface area contributed by atoms with Crippen LogP contribution in [0.15, 0.2) is 0 Å². The zero-order chi connectivity index (χ0) is 15.9. The predicted octanol–water partition coefficient (Wildman–Crippen LogP) is 1.64. The number of rotatable bonds is 4. The molecule has 124 valence electrons. The summed E-state index contributed by atoms with van der Waals surface area (Å²) in [4.78, 5) is 13.3. The second-order valence-electron chi connectivity index (χ2n) is 6.47. The summed E-state index contributed by atoms with van der Waals surface area (Å²) in [6, 6.07) is 0.861. The number of nitrogens with zero attached hydrogens (tertiary/aromatic N) is 1. The van der Waals surface area contributed by atoms with Gasteiger partial charge in [-0.2, -0.15) is 0 Å². The maximum absolute atomic E-state index is 11.6. The zero-order valence-corrected chi connectivity index (χ0v) is 14.0. The predicted molar refractivity (Wildman–Crippen MR) is 81.5 cm³/mol. The Bertz CT molecular complexity index is 313. The number of ether oxygens (including phenoxy) is 3. The first-order valence-electron chi connectivity index (χ1n) is 7.58. The summed E-state index contributed by atoms with van der Waals surface area (Å²) in [5, 5.41) is 3.22. The fraction of sp³-hybridized carbons (Fsp3) is 0.933. The molecular formula is C15H30N2O4. The van der Waals surface area contributed by atoms with Crippen LogP contribution in [0.4, 0.5) is 4.79 Å². The van der Waals surface area contributed by atoms with E-state index in [4.69, 9.17) is 14.2 Å². The van der Waals surface area contributed by atoms with Crippen LogP contribution in [0.1, 0.15) is 33.6 Å². The van der Waals surface area contributed by atoms with E-state index < -0.39 is 5.60 Å². The SMILES string of the molecule is COC[C@H]1CCN1.COC[C@H]1CCN1C(=O)OC(C)(C)C. The topological polar surface area (TPSA) is 60.0 Å². The molecule has 0 unspecified atom stereocenters. The molecule has 6 nitrogen and oxygen atoms in total. The first-order valence-corrected chi connectivity index (χ1v) is 7.58. The van der Waals surface area contributed by atoms with Crippen LogP contribution in [0.2, 0.25) is 0 Å². The highest BCUT2D eigenvalue weighted by molar-refractivity contribution is 5.69. The highest BCUT2D eigenvalue weighted by atomic mass is 16.6. The van der Waals surface area contributed by atoms with E-state index in [0.717, 1.165) is 19.6 Å². The van der Waals surface area contributed by atoms with E-state index in [-0.39, 0.29) is 12.1 Å². The second kappa shape index (κ2) is 8.56. The number of carbonyl (C=O) groups excluding carboxylic acids is 1. The molecule has 0 spiro atoms. The Morgan fingerprint density at radius 3 is 2.10 bits per heavy atom. The van der Waals surface area contributed by atoms with E-state index in [0.29, 0.717) is 12.6 Å². The summed E-state index contributed by atoms with van der Waals surface area (Å²) < 4.78 is 15.1. The smallest absolute Gasteiger partial charge is 0.410 e. The van der Waals surface area contributed by atoms with Crippen LogP contribution >= 0.6 is 0 Å². The largest absolute Gasteiger partial charge is 0.444 e. The number of amides is 1. The summed E-state index contributed by atoms with van der Waals surface area (Å²) in [7, 11) is 3.38. The van der Waals surface area contributed by atoms with Gasteiger partial charge in [-0.05, 0) is 40.2 Å². The number of nitrogens with one attached hydrogen (secondary N) is 1. The van der Waals surface area contributed by atoms with Gasteiger partial charge in [0.25, 0.3) is 0 Å². The number of methoxy groups -OCH3 is 2. The standard InChI is InChI=1S/C10H19NO3.C5H11NO/c1-10(2,3)14-9(12)11-6-5-8(11)7-13-4;1-7-4-5-2-3-6-5/h8H,5-7H2,1-4H3;5-6H,2-4H2,1H3/t8-;5-/m11/s1. The lowest BCUT2D eigenvalue weighted by Gasteiger charge is -2.40. The Balaban J connectivity index is 0.000000262. The molecular weight excluding hydrogens is 272 g/mol. The third-order valence-corrected chi connectivity index (χ3v) is 3.42. The van der Waals surface area contributed by atoms with Crippen molar-refractivity contribution in [3.05, 3.63) is 0 Å². The van der Waals surface area contributed by atoms with Crippen LogP contribution in [0.25, 0.3) is 0 Å². The summed E-state index contributed by atoms with van der Waals surface area (Å²) >= 11 is 0. The van der Waals surface area contributed by atoms with Crippen LogP contribution in [-0.2, 0) is 14.2 Å². The molecule has 1 amide bonds. The van der Waals surface area contributed by atoms with Gasteiger partial charge in [0.1, 0.15) is 5.60 Å². The summed E-state index contributed by atoms with van der Waals surface area (Å²) in [6.45, 7) is 9.04. The van der Waals surface area contributed by atoms with Crippen molar-refractivity contribution in [2.75, 3.05) is 40.5 Å². The molecule has 0 bridgehead atoms. The van der Waals surface area contributed by atoms with E-state index in [9.17, 15) is 4.79 Å².